The molecule has 0 aromatic rings. The summed E-state index contributed by atoms with van der Waals surface area (Å²) in [6.07, 6.45) is 3.59. The third-order valence-electron chi connectivity index (χ3n) is 2.83. The van der Waals surface area contributed by atoms with Gasteiger partial charge in [0.05, 0.1) is 19.6 Å². The normalized spacial score (nSPS) is 44.7. The Bertz CT molecular complexity index is 107. The molecule has 3 heterocycles. The number of rotatable bonds is 0. The first kappa shape index (κ1) is 9.64. The summed E-state index contributed by atoms with van der Waals surface area (Å²) in [7, 11) is 0. The predicted molar refractivity (Wildman–Crippen MR) is 42.7 cm³/mol. The van der Waals surface area contributed by atoms with Crippen LogP contribution in [0.25, 0.3) is 0 Å². The number of fused-ring (bicyclic) bond motifs is 3. The number of quaternary nitrogens is 1. The van der Waals surface area contributed by atoms with Gasteiger partial charge in [0.15, 0.2) is 0 Å². The molecule has 0 atom stereocenters. The van der Waals surface area contributed by atoms with Gasteiger partial charge >= 0.3 is 51.4 Å². The van der Waals surface area contributed by atoms with E-state index in [0.29, 0.717) is 0 Å². The fourth-order valence-corrected chi connectivity index (χ4v) is 2.02. The summed E-state index contributed by atoms with van der Waals surface area (Å²) in [5.74, 6) is 0.916. The quantitative estimate of drug-likeness (QED) is 0.292. The van der Waals surface area contributed by atoms with E-state index in [0.717, 1.165) is 25.6 Å². The van der Waals surface area contributed by atoms with Gasteiger partial charge in [-0.3, -0.25) is 0 Å². The minimum Gasteiger partial charge on any atom is -0.633 e. The zero-order valence-corrected chi connectivity index (χ0v) is 5.68. The van der Waals surface area contributed by atoms with Crippen LogP contribution in [0, 0.1) is 11.1 Å². The first-order valence-electron chi connectivity index (χ1n) is 3.86. The standard InChI is InChI=1S/C7H13NO.K.H/c9-8-4-1-7(2-5-8)3-6-8;;/h7H,1-6H2;;. The van der Waals surface area contributed by atoms with Crippen LogP contribution in [0.2, 0.25) is 0 Å². The van der Waals surface area contributed by atoms with Gasteiger partial charge < -0.3 is 9.85 Å². The van der Waals surface area contributed by atoms with Gasteiger partial charge in [0.2, 0.25) is 0 Å². The second kappa shape index (κ2) is 3.52. The number of nitrogens with zero attached hydrogens (tertiary/aromatic N) is 1. The average molecular weight is 167 g/mol. The minimum atomic E-state index is 0. The molecule has 3 heteroatoms. The van der Waals surface area contributed by atoms with Gasteiger partial charge in [-0.2, -0.15) is 0 Å². The van der Waals surface area contributed by atoms with Gasteiger partial charge in [0, 0.05) is 19.3 Å². The van der Waals surface area contributed by atoms with Gasteiger partial charge in [-0.15, -0.1) is 0 Å². The third-order valence-corrected chi connectivity index (χ3v) is 2.83. The molecule has 3 fully saturated rings. The summed E-state index contributed by atoms with van der Waals surface area (Å²) in [6.45, 7) is 2.72. The van der Waals surface area contributed by atoms with E-state index in [2.05, 4.69) is 0 Å². The van der Waals surface area contributed by atoms with Crippen molar-refractivity contribution in [3.63, 3.8) is 0 Å². The van der Waals surface area contributed by atoms with Crippen molar-refractivity contribution < 1.29 is 4.65 Å². The topological polar surface area (TPSA) is 23.1 Å². The maximum atomic E-state index is 11.5. The molecule has 0 spiro atoms. The van der Waals surface area contributed by atoms with Crippen molar-refractivity contribution in [1.29, 1.82) is 0 Å². The summed E-state index contributed by atoms with van der Waals surface area (Å²) in [5, 5.41) is 11.5. The maximum absolute atomic E-state index is 11.5. The van der Waals surface area contributed by atoms with E-state index in [1.165, 1.54) is 19.3 Å². The molecule has 54 valence electrons. The number of hydrogen-bond donors (Lipinski definition) is 0. The fourth-order valence-electron chi connectivity index (χ4n) is 2.02. The molecule has 0 unspecified atom stereocenters. The molecule has 2 nitrogen and oxygen atoms in total. The van der Waals surface area contributed by atoms with Gasteiger partial charge in [0.1, 0.15) is 0 Å². The van der Waals surface area contributed by atoms with E-state index < -0.39 is 0 Å². The van der Waals surface area contributed by atoms with Gasteiger partial charge in [-0.05, 0) is 5.92 Å². The molecule has 3 aliphatic heterocycles. The molecule has 10 heavy (non-hydrogen) atoms. The van der Waals surface area contributed by atoms with Crippen LogP contribution in [0.15, 0.2) is 0 Å². The number of hydroxylamine groups is 3. The molecule has 0 saturated carbocycles. The Hall–Kier alpha value is 1.56. The van der Waals surface area contributed by atoms with Gasteiger partial charge in [-0.25, -0.2) is 0 Å². The minimum absolute atomic E-state index is 0. The first-order valence-corrected chi connectivity index (χ1v) is 3.86. The van der Waals surface area contributed by atoms with Crippen molar-refractivity contribution in [2.24, 2.45) is 5.92 Å². The van der Waals surface area contributed by atoms with Crippen molar-refractivity contribution in [3.05, 3.63) is 5.21 Å². The third kappa shape index (κ3) is 1.83. The van der Waals surface area contributed by atoms with Crippen LogP contribution >= 0.6 is 0 Å². The Kier molecular flexibility index (Phi) is 3.39. The van der Waals surface area contributed by atoms with E-state index in [-0.39, 0.29) is 56.0 Å². The SMILES string of the molecule is [KH].[O-][N+]12CCC(CC1)CC2. The molecule has 0 amide bonds. The molecular weight excluding hydrogens is 153 g/mol. The molecule has 3 saturated heterocycles. The zero-order valence-electron chi connectivity index (χ0n) is 5.68. The summed E-state index contributed by atoms with van der Waals surface area (Å²) in [6, 6.07) is 0. The van der Waals surface area contributed by atoms with E-state index >= 15 is 0 Å². The summed E-state index contributed by atoms with van der Waals surface area (Å²) >= 11 is 0. The Morgan fingerprint density at radius 2 is 1.40 bits per heavy atom. The molecular formula is C7H14KNO. The van der Waals surface area contributed by atoms with Gasteiger partial charge in [-0.1, -0.05) is 0 Å². The zero-order chi connectivity index (χ0) is 6.32. The van der Waals surface area contributed by atoms with E-state index in [4.69, 9.17) is 0 Å². The van der Waals surface area contributed by atoms with Crippen molar-refractivity contribution in [2.75, 3.05) is 19.6 Å². The summed E-state index contributed by atoms with van der Waals surface area (Å²) in [4.78, 5) is 0. The monoisotopic (exact) mass is 167 g/mol. The fraction of sp³-hybridized carbons (Fsp3) is 1.00. The van der Waals surface area contributed by atoms with Crippen LogP contribution < -0.4 is 0 Å². The average Bonchev–Trinajstić information content (AvgIpc) is 1.90. The van der Waals surface area contributed by atoms with E-state index in [1.807, 2.05) is 0 Å². The second-order valence-corrected chi connectivity index (χ2v) is 3.46. The molecule has 3 aliphatic rings. The number of hydrogen-bond acceptors (Lipinski definition) is 1. The largest absolute Gasteiger partial charge is 0.633 e. The molecule has 0 N–H and O–H groups in total. The molecule has 0 radical (unpaired) electrons. The van der Waals surface area contributed by atoms with E-state index in [9.17, 15) is 5.21 Å². The Morgan fingerprint density at radius 3 is 1.60 bits per heavy atom. The van der Waals surface area contributed by atoms with Crippen molar-refractivity contribution in [2.45, 2.75) is 19.3 Å². The predicted octanol–water partition coefficient (Wildman–Crippen LogP) is 0.466. The summed E-state index contributed by atoms with van der Waals surface area (Å²) in [5.41, 5.74) is 0. The van der Waals surface area contributed by atoms with E-state index in [1.54, 1.807) is 0 Å². The number of piperidine rings is 3. The first-order chi connectivity index (χ1) is 4.29. The Morgan fingerprint density at radius 1 is 1.00 bits per heavy atom. The molecule has 2 bridgehead atoms. The van der Waals surface area contributed by atoms with Crippen molar-refractivity contribution in [1.82, 2.24) is 0 Å². The molecule has 3 rings (SSSR count). The van der Waals surface area contributed by atoms with Crippen molar-refractivity contribution in [3.8, 4) is 0 Å². The summed E-state index contributed by atoms with van der Waals surface area (Å²) < 4.78 is 0.135. The van der Waals surface area contributed by atoms with Crippen LogP contribution in [0.3, 0.4) is 0 Å². The maximum Gasteiger partial charge on any atom is 0.0786 e. The van der Waals surface area contributed by atoms with Crippen LogP contribution in [0.5, 0.6) is 0 Å². The van der Waals surface area contributed by atoms with Crippen LogP contribution in [-0.4, -0.2) is 75.7 Å². The molecule has 0 aromatic carbocycles. The van der Waals surface area contributed by atoms with Crippen LogP contribution in [0.4, 0.5) is 0 Å². The Labute approximate surface area is 105 Å². The molecule has 0 aliphatic carbocycles. The van der Waals surface area contributed by atoms with Gasteiger partial charge in [0.25, 0.3) is 0 Å². The smallest absolute Gasteiger partial charge is 0.0786 e. The Balaban J connectivity index is 0.000000500. The second-order valence-electron chi connectivity index (χ2n) is 3.46. The molecule has 0 aromatic heterocycles. The van der Waals surface area contributed by atoms with Crippen LogP contribution in [-0.2, 0) is 0 Å². The van der Waals surface area contributed by atoms with Crippen molar-refractivity contribution >= 4 is 51.4 Å². The van der Waals surface area contributed by atoms with Crippen LogP contribution in [0.1, 0.15) is 19.3 Å².